The van der Waals surface area contributed by atoms with Gasteiger partial charge in [-0.25, -0.2) is 0 Å². The van der Waals surface area contributed by atoms with Crippen molar-refractivity contribution in [3.8, 4) is 0 Å². The predicted octanol–water partition coefficient (Wildman–Crippen LogP) is 2.80. The lowest BCUT2D eigenvalue weighted by molar-refractivity contribution is -0.122. The van der Waals surface area contributed by atoms with Crippen LogP contribution in [0.15, 0.2) is 30.3 Å². The van der Waals surface area contributed by atoms with Crippen molar-refractivity contribution in [2.24, 2.45) is 11.1 Å². The highest BCUT2D eigenvalue weighted by Crippen LogP contribution is 2.29. The van der Waals surface area contributed by atoms with Gasteiger partial charge in [-0.05, 0) is 30.2 Å². The van der Waals surface area contributed by atoms with E-state index in [2.05, 4.69) is 19.2 Å². The zero-order valence-corrected chi connectivity index (χ0v) is 14.4. The third-order valence-electron chi connectivity index (χ3n) is 4.44. The van der Waals surface area contributed by atoms with E-state index in [1.54, 1.807) is 0 Å². The summed E-state index contributed by atoms with van der Waals surface area (Å²) in [5.74, 6) is -0.0319. The van der Waals surface area contributed by atoms with E-state index in [0.717, 1.165) is 18.4 Å². The maximum Gasteiger partial charge on any atom is 0.221 e. The Kier molecular flexibility index (Phi) is 10.1. The average molecular weight is 329 g/mol. The number of amides is 1. The molecule has 4 N–H and O–H groups in total. The molecule has 1 rings (SSSR count). The molecule has 126 valence electrons. The van der Waals surface area contributed by atoms with Crippen LogP contribution in [0, 0.1) is 5.41 Å². The number of nitrogens with two attached hydrogens (primary N) is 1. The van der Waals surface area contributed by atoms with Crippen LogP contribution in [0.4, 0.5) is 0 Å². The van der Waals surface area contributed by atoms with Crippen LogP contribution < -0.4 is 11.1 Å². The first-order valence-electron chi connectivity index (χ1n) is 7.75. The predicted molar refractivity (Wildman–Crippen MR) is 93.0 cm³/mol. The Bertz CT molecular complexity index is 422. The number of halogens is 1. The van der Waals surface area contributed by atoms with Crippen LogP contribution in [0.25, 0.3) is 0 Å². The second-order valence-electron chi connectivity index (χ2n) is 5.68. The van der Waals surface area contributed by atoms with Gasteiger partial charge in [-0.3, -0.25) is 4.79 Å². The largest absolute Gasteiger partial charge is 0.396 e. The van der Waals surface area contributed by atoms with E-state index < -0.39 is 0 Å². The Hall–Kier alpha value is -1.10. The molecule has 0 radical (unpaired) electrons. The molecule has 0 saturated heterocycles. The maximum absolute atomic E-state index is 12.1. The van der Waals surface area contributed by atoms with E-state index in [0.29, 0.717) is 13.0 Å². The summed E-state index contributed by atoms with van der Waals surface area (Å²) in [6, 6.07) is 9.38. The summed E-state index contributed by atoms with van der Waals surface area (Å²) in [5, 5.41) is 12.2. The van der Waals surface area contributed by atoms with Gasteiger partial charge in [-0.2, -0.15) is 0 Å². The van der Waals surface area contributed by atoms with Crippen LogP contribution in [0.5, 0.6) is 0 Å². The van der Waals surface area contributed by atoms with Crippen LogP contribution in [0.3, 0.4) is 0 Å². The Balaban J connectivity index is 0.00000441. The first-order valence-corrected chi connectivity index (χ1v) is 7.75. The van der Waals surface area contributed by atoms with Crippen LogP contribution >= 0.6 is 12.4 Å². The van der Waals surface area contributed by atoms with E-state index in [4.69, 9.17) is 5.73 Å². The molecule has 0 aliphatic carbocycles. The van der Waals surface area contributed by atoms with Crippen molar-refractivity contribution in [3.05, 3.63) is 35.9 Å². The van der Waals surface area contributed by atoms with E-state index >= 15 is 0 Å². The Labute approximate surface area is 139 Å². The highest BCUT2D eigenvalue weighted by molar-refractivity contribution is 5.85. The molecule has 0 bridgehead atoms. The number of rotatable bonds is 9. The van der Waals surface area contributed by atoms with Gasteiger partial charge in [0, 0.05) is 25.6 Å². The first-order chi connectivity index (χ1) is 10.1. The molecule has 1 atom stereocenters. The van der Waals surface area contributed by atoms with Gasteiger partial charge in [0.05, 0.1) is 0 Å². The molecular weight excluding hydrogens is 300 g/mol. The van der Waals surface area contributed by atoms with Gasteiger partial charge < -0.3 is 16.2 Å². The summed E-state index contributed by atoms with van der Waals surface area (Å²) in [4.78, 5) is 12.1. The lowest BCUT2D eigenvalue weighted by Gasteiger charge is -2.31. The fourth-order valence-corrected chi connectivity index (χ4v) is 2.56. The van der Waals surface area contributed by atoms with Crippen molar-refractivity contribution in [1.82, 2.24) is 5.32 Å². The number of benzene rings is 1. The van der Waals surface area contributed by atoms with E-state index in [1.165, 1.54) is 0 Å². The highest BCUT2D eigenvalue weighted by Gasteiger charge is 2.26. The lowest BCUT2D eigenvalue weighted by atomic mass is 9.79. The molecule has 1 amide bonds. The second kappa shape index (κ2) is 10.6. The van der Waals surface area contributed by atoms with E-state index in [9.17, 15) is 9.90 Å². The standard InChI is InChI=1S/C17H28N2O2.ClH/c1-3-17(4-2,10-11-20)13-19-16(21)12-15(18)14-8-6-5-7-9-14;/h5-9,15,20H,3-4,10-13,18H2,1-2H3,(H,19,21);1H. The molecular formula is C17H29ClN2O2. The molecule has 0 spiro atoms. The van der Waals surface area contributed by atoms with Crippen molar-refractivity contribution < 1.29 is 9.90 Å². The normalized spacial score (nSPS) is 12.4. The van der Waals surface area contributed by atoms with Crippen LogP contribution in [0.1, 0.15) is 51.1 Å². The van der Waals surface area contributed by atoms with Gasteiger partial charge >= 0.3 is 0 Å². The minimum absolute atomic E-state index is 0. The molecule has 1 aromatic carbocycles. The summed E-state index contributed by atoms with van der Waals surface area (Å²) in [6.45, 7) is 4.95. The number of nitrogens with one attached hydrogen (secondary N) is 1. The van der Waals surface area contributed by atoms with Crippen molar-refractivity contribution in [1.29, 1.82) is 0 Å². The first kappa shape index (κ1) is 20.9. The number of carbonyl (C=O) groups excluding carboxylic acids is 1. The van der Waals surface area contributed by atoms with E-state index in [1.807, 2.05) is 30.3 Å². The van der Waals surface area contributed by atoms with Crippen LogP contribution in [-0.4, -0.2) is 24.2 Å². The maximum atomic E-state index is 12.1. The number of hydrogen-bond acceptors (Lipinski definition) is 3. The highest BCUT2D eigenvalue weighted by atomic mass is 35.5. The lowest BCUT2D eigenvalue weighted by Crippen LogP contribution is -2.38. The van der Waals surface area contributed by atoms with Gasteiger partial charge in [-0.15, -0.1) is 12.4 Å². The van der Waals surface area contributed by atoms with Crippen molar-refractivity contribution in [2.75, 3.05) is 13.2 Å². The molecule has 0 fully saturated rings. The SMILES string of the molecule is CCC(CC)(CCO)CNC(=O)CC(N)c1ccccc1.Cl. The number of aliphatic hydroxyl groups excluding tert-OH is 1. The Morgan fingerprint density at radius 3 is 2.36 bits per heavy atom. The molecule has 0 heterocycles. The molecule has 1 aromatic rings. The quantitative estimate of drug-likeness (QED) is 0.652. The zero-order valence-electron chi connectivity index (χ0n) is 13.5. The van der Waals surface area contributed by atoms with Crippen LogP contribution in [-0.2, 0) is 4.79 Å². The minimum Gasteiger partial charge on any atom is -0.396 e. The van der Waals surface area contributed by atoms with Gasteiger partial charge in [0.25, 0.3) is 0 Å². The Morgan fingerprint density at radius 2 is 1.86 bits per heavy atom. The number of carbonyl (C=O) groups is 1. The van der Waals surface area contributed by atoms with Gasteiger partial charge in [0.15, 0.2) is 0 Å². The van der Waals surface area contributed by atoms with Gasteiger partial charge in [0.2, 0.25) is 5.91 Å². The molecule has 0 saturated carbocycles. The molecule has 0 aliphatic rings. The van der Waals surface area contributed by atoms with Crippen molar-refractivity contribution in [2.45, 2.75) is 45.6 Å². The zero-order chi connectivity index (χ0) is 15.7. The van der Waals surface area contributed by atoms with Crippen molar-refractivity contribution in [3.63, 3.8) is 0 Å². The van der Waals surface area contributed by atoms with Gasteiger partial charge in [0.1, 0.15) is 0 Å². The number of hydrogen-bond donors (Lipinski definition) is 3. The smallest absolute Gasteiger partial charge is 0.221 e. The van der Waals surface area contributed by atoms with Gasteiger partial charge in [-0.1, -0.05) is 44.2 Å². The molecule has 0 aliphatic heterocycles. The number of aliphatic hydroxyl groups is 1. The molecule has 22 heavy (non-hydrogen) atoms. The van der Waals surface area contributed by atoms with E-state index in [-0.39, 0.29) is 42.8 Å². The molecule has 5 heteroatoms. The summed E-state index contributed by atoms with van der Waals surface area (Å²) in [5.41, 5.74) is 7.02. The molecule has 0 aromatic heterocycles. The summed E-state index contributed by atoms with van der Waals surface area (Å²) in [6.07, 6.45) is 2.88. The third-order valence-corrected chi connectivity index (χ3v) is 4.44. The minimum atomic E-state index is -0.276. The molecule has 1 unspecified atom stereocenters. The monoisotopic (exact) mass is 328 g/mol. The summed E-state index contributed by atoms with van der Waals surface area (Å²) >= 11 is 0. The average Bonchev–Trinajstić information content (AvgIpc) is 2.52. The third kappa shape index (κ3) is 6.34. The second-order valence-corrected chi connectivity index (χ2v) is 5.68. The topological polar surface area (TPSA) is 75.3 Å². The molecule has 4 nitrogen and oxygen atoms in total. The fourth-order valence-electron chi connectivity index (χ4n) is 2.56. The van der Waals surface area contributed by atoms with Crippen molar-refractivity contribution >= 4 is 18.3 Å². The summed E-state index contributed by atoms with van der Waals surface area (Å²) in [7, 11) is 0. The fraction of sp³-hybridized carbons (Fsp3) is 0.588. The Morgan fingerprint density at radius 1 is 1.27 bits per heavy atom. The van der Waals surface area contributed by atoms with Crippen LogP contribution in [0.2, 0.25) is 0 Å². The summed E-state index contributed by atoms with van der Waals surface area (Å²) < 4.78 is 0.